The number of ether oxygens (including phenoxy) is 2. The molecule has 0 radical (unpaired) electrons. The summed E-state index contributed by atoms with van der Waals surface area (Å²) in [4.78, 5) is 23.0. The fourth-order valence-corrected chi connectivity index (χ4v) is 1.66. The highest BCUT2D eigenvalue weighted by Gasteiger charge is 2.23. The highest BCUT2D eigenvalue weighted by molar-refractivity contribution is 7.80. The van der Waals surface area contributed by atoms with Crippen LogP contribution in [-0.4, -0.2) is 24.2 Å². The second-order valence-electron chi connectivity index (χ2n) is 3.43. The molecule has 1 N–H and O–H groups in total. The molecule has 1 amide bonds. The molecule has 1 aliphatic rings. The van der Waals surface area contributed by atoms with Crippen molar-refractivity contribution in [2.45, 2.75) is 0 Å². The Hall–Kier alpha value is -2.21. The maximum absolute atomic E-state index is 11.5. The molecule has 6 heteroatoms. The number of amides is 1. The van der Waals surface area contributed by atoms with Crippen molar-refractivity contribution in [3.63, 3.8) is 0 Å². The van der Waals surface area contributed by atoms with Gasteiger partial charge in [-0.25, -0.2) is 4.79 Å². The lowest BCUT2D eigenvalue weighted by molar-refractivity contribution is -0.116. The van der Waals surface area contributed by atoms with E-state index in [0.717, 1.165) is 0 Å². The Kier molecular flexibility index (Phi) is 3.38. The number of carbonyl (C=O) groups excluding carboxylic acids is 2. The summed E-state index contributed by atoms with van der Waals surface area (Å²) in [6, 6.07) is 6.72. The molecule has 0 aliphatic carbocycles. The van der Waals surface area contributed by atoms with E-state index in [2.05, 4.69) is 10.1 Å². The van der Waals surface area contributed by atoms with Gasteiger partial charge in [-0.15, -0.1) is 0 Å². The summed E-state index contributed by atoms with van der Waals surface area (Å²) < 4.78 is 9.68. The Morgan fingerprint density at radius 2 is 2.17 bits per heavy atom. The summed E-state index contributed by atoms with van der Waals surface area (Å²) in [5, 5.41) is 2.34. The number of benzene rings is 1. The maximum Gasteiger partial charge on any atom is 0.338 e. The summed E-state index contributed by atoms with van der Waals surface area (Å²) in [5.41, 5.74) is 0.876. The number of nitrogens with one attached hydrogen (secondary N) is 1. The van der Waals surface area contributed by atoms with Crippen molar-refractivity contribution in [1.29, 1.82) is 0 Å². The van der Waals surface area contributed by atoms with Crippen LogP contribution in [0.4, 0.5) is 0 Å². The van der Waals surface area contributed by atoms with Gasteiger partial charge in [0.2, 0.25) is 0 Å². The first-order valence-electron chi connectivity index (χ1n) is 5.04. The summed E-state index contributed by atoms with van der Waals surface area (Å²) in [5.74, 6) is -0.862. The summed E-state index contributed by atoms with van der Waals surface area (Å²) in [6.45, 7) is 0. The van der Waals surface area contributed by atoms with Gasteiger partial charge in [0.15, 0.2) is 5.76 Å². The molecule has 0 saturated carbocycles. The molecule has 0 atom stereocenters. The van der Waals surface area contributed by atoms with Crippen molar-refractivity contribution in [2.75, 3.05) is 7.11 Å². The first-order valence-corrected chi connectivity index (χ1v) is 5.45. The van der Waals surface area contributed by atoms with Gasteiger partial charge in [-0.2, -0.15) is 0 Å². The van der Waals surface area contributed by atoms with E-state index in [1.54, 1.807) is 24.3 Å². The number of carbonyl (C=O) groups is 2. The van der Waals surface area contributed by atoms with Crippen LogP contribution < -0.4 is 5.32 Å². The minimum absolute atomic E-state index is 0.00167. The molecule has 0 bridgehead atoms. The molecule has 5 nitrogen and oxygen atoms in total. The van der Waals surface area contributed by atoms with Gasteiger partial charge in [0.25, 0.3) is 11.1 Å². The van der Waals surface area contributed by atoms with Crippen molar-refractivity contribution in [1.82, 2.24) is 5.32 Å². The van der Waals surface area contributed by atoms with Crippen molar-refractivity contribution in [3.8, 4) is 0 Å². The topological polar surface area (TPSA) is 64.6 Å². The molecule has 1 aromatic rings. The number of hydrogen-bond acceptors (Lipinski definition) is 5. The molecule has 1 fully saturated rings. The SMILES string of the molecule is COC(=O)c1ccccc1C=C1OC(=S)NC1=O. The van der Waals surface area contributed by atoms with Gasteiger partial charge in [-0.3, -0.25) is 10.1 Å². The standard InChI is InChI=1S/C12H9NO4S/c1-16-11(15)8-5-3-2-4-7(8)6-9-10(14)13-12(18)17-9/h2-6H,1H3,(H,13,14,18). The van der Waals surface area contributed by atoms with Crippen molar-refractivity contribution in [3.05, 3.63) is 41.2 Å². The number of hydrogen-bond donors (Lipinski definition) is 1. The Morgan fingerprint density at radius 1 is 1.44 bits per heavy atom. The van der Waals surface area contributed by atoms with Crippen LogP contribution >= 0.6 is 12.2 Å². The van der Waals surface area contributed by atoms with E-state index in [1.807, 2.05) is 0 Å². The van der Waals surface area contributed by atoms with Crippen LogP contribution in [0.3, 0.4) is 0 Å². The third kappa shape index (κ3) is 2.38. The number of thiocarbonyl (C=S) groups is 1. The maximum atomic E-state index is 11.5. The Labute approximate surface area is 108 Å². The zero-order valence-corrected chi connectivity index (χ0v) is 10.2. The molecule has 92 valence electrons. The van der Waals surface area contributed by atoms with Gasteiger partial charge >= 0.3 is 5.97 Å². The number of methoxy groups -OCH3 is 1. The smallest absolute Gasteiger partial charge is 0.338 e. The summed E-state index contributed by atoms with van der Waals surface area (Å²) in [6.07, 6.45) is 1.45. The van der Waals surface area contributed by atoms with Gasteiger partial charge in [0.1, 0.15) is 0 Å². The molecular formula is C12H9NO4S. The van der Waals surface area contributed by atoms with E-state index < -0.39 is 11.9 Å². The van der Waals surface area contributed by atoms with E-state index >= 15 is 0 Å². The average molecular weight is 263 g/mol. The minimum atomic E-state index is -0.483. The zero-order valence-electron chi connectivity index (χ0n) is 9.43. The van der Waals surface area contributed by atoms with Crippen molar-refractivity contribution in [2.24, 2.45) is 0 Å². The lowest BCUT2D eigenvalue weighted by Gasteiger charge is -2.03. The van der Waals surface area contributed by atoms with Crippen LogP contribution in [0, 0.1) is 0 Å². The largest absolute Gasteiger partial charge is 0.465 e. The molecule has 0 unspecified atom stereocenters. The van der Waals surface area contributed by atoms with Gasteiger partial charge in [0.05, 0.1) is 12.7 Å². The van der Waals surface area contributed by atoms with Crippen LogP contribution in [0.2, 0.25) is 0 Å². The molecule has 1 aromatic carbocycles. The average Bonchev–Trinajstić information content (AvgIpc) is 2.67. The van der Waals surface area contributed by atoms with Crippen molar-refractivity contribution < 1.29 is 19.1 Å². The lowest BCUT2D eigenvalue weighted by atomic mass is 10.1. The van der Waals surface area contributed by atoms with Crippen molar-refractivity contribution >= 4 is 35.3 Å². The highest BCUT2D eigenvalue weighted by atomic mass is 32.1. The fourth-order valence-electron chi connectivity index (χ4n) is 1.48. The molecule has 1 saturated heterocycles. The summed E-state index contributed by atoms with van der Waals surface area (Å²) in [7, 11) is 1.29. The van der Waals surface area contributed by atoms with E-state index in [1.165, 1.54) is 13.2 Å². The number of esters is 1. The highest BCUT2D eigenvalue weighted by Crippen LogP contribution is 2.17. The first kappa shape index (κ1) is 12.3. The number of rotatable bonds is 2. The molecule has 18 heavy (non-hydrogen) atoms. The van der Waals surface area contributed by atoms with Gasteiger partial charge < -0.3 is 9.47 Å². The van der Waals surface area contributed by atoms with E-state index in [9.17, 15) is 9.59 Å². The molecular weight excluding hydrogens is 254 g/mol. The Balaban J connectivity index is 2.40. The quantitative estimate of drug-likeness (QED) is 0.494. The zero-order chi connectivity index (χ0) is 13.1. The minimum Gasteiger partial charge on any atom is -0.465 e. The van der Waals surface area contributed by atoms with E-state index in [0.29, 0.717) is 11.1 Å². The van der Waals surface area contributed by atoms with E-state index in [4.69, 9.17) is 17.0 Å². The van der Waals surface area contributed by atoms with E-state index in [-0.39, 0.29) is 10.9 Å². The molecule has 0 spiro atoms. The second-order valence-corrected chi connectivity index (χ2v) is 3.80. The molecule has 1 aliphatic heterocycles. The van der Waals surface area contributed by atoms with Crippen LogP contribution in [0.15, 0.2) is 30.0 Å². The van der Waals surface area contributed by atoms with Crippen LogP contribution in [0.5, 0.6) is 0 Å². The lowest BCUT2D eigenvalue weighted by Crippen LogP contribution is -2.18. The molecule has 2 rings (SSSR count). The second kappa shape index (κ2) is 4.97. The third-order valence-corrected chi connectivity index (χ3v) is 2.48. The van der Waals surface area contributed by atoms with Gasteiger partial charge in [-0.1, -0.05) is 18.2 Å². The first-order chi connectivity index (χ1) is 8.61. The van der Waals surface area contributed by atoms with Crippen LogP contribution in [-0.2, 0) is 14.3 Å². The molecule has 0 aromatic heterocycles. The predicted octanol–water partition coefficient (Wildman–Crippen LogP) is 1.25. The Morgan fingerprint density at radius 3 is 2.78 bits per heavy atom. The summed E-state index contributed by atoms with van der Waals surface area (Å²) >= 11 is 4.71. The monoisotopic (exact) mass is 263 g/mol. The normalized spacial score (nSPS) is 16.4. The fraction of sp³-hybridized carbons (Fsp3) is 0.0833. The van der Waals surface area contributed by atoms with Gasteiger partial charge in [-0.05, 0) is 29.9 Å². The molecule has 1 heterocycles. The van der Waals surface area contributed by atoms with Crippen LogP contribution in [0.1, 0.15) is 15.9 Å². The third-order valence-electron chi connectivity index (χ3n) is 2.29. The van der Waals surface area contributed by atoms with Crippen LogP contribution in [0.25, 0.3) is 6.08 Å². The van der Waals surface area contributed by atoms with Gasteiger partial charge in [0, 0.05) is 0 Å². The Bertz CT molecular complexity index is 565. The predicted molar refractivity (Wildman–Crippen MR) is 67.6 cm³/mol.